The molecular weight excluding hydrogens is 173 g/mol. The Balaban J connectivity index is 0.000000605. The zero-order chi connectivity index (χ0) is 7.14. The largest absolute Gasteiger partial charge is 1.00 e. The van der Waals surface area contributed by atoms with Gasteiger partial charge < -0.3 is 9.90 Å². The van der Waals surface area contributed by atoms with E-state index in [1.165, 1.54) is 0 Å². The predicted molar refractivity (Wildman–Crippen MR) is 38.8 cm³/mol. The maximum Gasteiger partial charge on any atom is 1.00 e. The quantitative estimate of drug-likeness (QED) is 0.292. The van der Waals surface area contributed by atoms with Crippen LogP contribution in [0.25, 0.3) is 0 Å². The summed E-state index contributed by atoms with van der Waals surface area (Å²) in [6.07, 6.45) is 2.10. The van der Waals surface area contributed by atoms with Crippen molar-refractivity contribution in [1.82, 2.24) is 4.31 Å². The van der Waals surface area contributed by atoms with Crippen LogP contribution in [0, 0.1) is 0 Å². The topological polar surface area (TPSA) is 43.4 Å². The van der Waals surface area contributed by atoms with Crippen molar-refractivity contribution >= 4 is 21.3 Å². The number of hydrogen-bond acceptors (Lipinski definition) is 3. The van der Waals surface area contributed by atoms with E-state index in [2.05, 4.69) is 0 Å². The minimum absolute atomic E-state index is 0. The van der Waals surface area contributed by atoms with E-state index < -0.39 is 16.0 Å². The molecule has 0 aromatic carbocycles. The molecule has 2 atom stereocenters. The van der Waals surface area contributed by atoms with Crippen molar-refractivity contribution in [2.45, 2.75) is 18.9 Å². The van der Waals surface area contributed by atoms with Crippen LogP contribution in [0.5, 0.6) is 0 Å². The van der Waals surface area contributed by atoms with Crippen LogP contribution in [0.2, 0.25) is 0 Å². The van der Waals surface area contributed by atoms with Gasteiger partial charge in [-0.3, -0.25) is 0 Å². The number of carbonyl (C=O) groups excluding carboxylic acids is 1. The Labute approximate surface area is 90.1 Å². The predicted octanol–water partition coefficient (Wildman–Crippen LogP) is -3.20. The summed E-state index contributed by atoms with van der Waals surface area (Å²) in [6.45, 7) is 0.943. The molecule has 0 aliphatic carbocycles. The molecule has 5 heteroatoms. The Bertz CT molecular complexity index is 219. The van der Waals surface area contributed by atoms with E-state index in [1.54, 1.807) is 0 Å². The van der Waals surface area contributed by atoms with E-state index in [9.17, 15) is 9.90 Å². The van der Waals surface area contributed by atoms with Crippen molar-refractivity contribution in [3.05, 3.63) is 0 Å². The first-order valence-corrected chi connectivity index (χ1v) is 4.57. The van der Waals surface area contributed by atoms with Gasteiger partial charge in [-0.15, -0.1) is 0 Å². The molecule has 1 saturated heterocycles. The summed E-state index contributed by atoms with van der Waals surface area (Å²) in [7, 11) is -0.653. The summed E-state index contributed by atoms with van der Waals surface area (Å²) in [5.41, 5.74) is 0. The Kier molecular flexibility index (Phi) is 3.17. The Morgan fingerprint density at radius 3 is 2.73 bits per heavy atom. The molecule has 1 fully saturated rings. The molecule has 56 valence electrons. The summed E-state index contributed by atoms with van der Waals surface area (Å²) in [5, 5.41) is 11.4. The molecule has 2 heterocycles. The van der Waals surface area contributed by atoms with Gasteiger partial charge in [0.15, 0.2) is 0 Å². The minimum Gasteiger partial charge on any atom is -0.538 e. The third-order valence-electron chi connectivity index (χ3n) is 2.04. The second-order valence-electron chi connectivity index (χ2n) is 2.55. The van der Waals surface area contributed by atoms with Gasteiger partial charge in [-0.25, -0.2) is 4.31 Å². The maximum atomic E-state index is 10.4. The van der Waals surface area contributed by atoms with Crippen molar-refractivity contribution in [3.8, 4) is 0 Å². The van der Waals surface area contributed by atoms with Crippen LogP contribution >= 0.6 is 10.7 Å². The first kappa shape index (κ1) is 9.74. The number of nitrogens with zero attached hydrogens (tertiary/aromatic N) is 1. The smallest absolute Gasteiger partial charge is 0.538 e. The van der Waals surface area contributed by atoms with Crippen LogP contribution in [0.3, 0.4) is 0 Å². The average Bonchev–Trinajstić information content (AvgIpc) is 2.07. The van der Waals surface area contributed by atoms with Crippen LogP contribution in [0.15, 0.2) is 0 Å². The monoisotopic (exact) mass is 181 g/mol. The Hall–Kier alpha value is 0.650. The van der Waals surface area contributed by atoms with Crippen molar-refractivity contribution in [3.63, 3.8) is 0 Å². The Morgan fingerprint density at radius 1 is 1.73 bits per heavy atom. The molecule has 2 unspecified atom stereocenters. The molecule has 0 aromatic heterocycles. The van der Waals surface area contributed by atoms with E-state index >= 15 is 0 Å². The first-order valence-electron chi connectivity index (χ1n) is 3.33. The van der Waals surface area contributed by atoms with E-state index in [0.29, 0.717) is 6.04 Å². The summed E-state index contributed by atoms with van der Waals surface area (Å²) in [6, 6.07) is 0.529. The van der Waals surface area contributed by atoms with E-state index in [4.69, 9.17) is 0 Å². The van der Waals surface area contributed by atoms with Crippen LogP contribution in [-0.4, -0.2) is 27.6 Å². The molecule has 2 rings (SSSR count). The average molecular weight is 181 g/mol. The molecule has 0 aromatic rings. The van der Waals surface area contributed by atoms with Crippen LogP contribution < -0.4 is 34.7 Å². The van der Waals surface area contributed by atoms with Crippen LogP contribution in [0.1, 0.15) is 12.8 Å². The second-order valence-corrected chi connectivity index (χ2v) is 4.31. The first-order chi connectivity index (χ1) is 4.79. The minimum atomic E-state index is -0.915. The van der Waals surface area contributed by atoms with Gasteiger partial charge in [0.2, 0.25) is 0 Å². The summed E-state index contributed by atoms with van der Waals surface area (Å²) >= 11 is 0. The van der Waals surface area contributed by atoms with Crippen molar-refractivity contribution in [2.24, 2.45) is 0 Å². The third kappa shape index (κ3) is 1.55. The fourth-order valence-electron chi connectivity index (χ4n) is 1.37. The SMILES string of the molecule is O=C([O-])S1=CCC2CCN21.[Na+]. The third-order valence-corrected chi connectivity index (χ3v) is 3.88. The summed E-state index contributed by atoms with van der Waals surface area (Å²) in [5.74, 6) is 0. The molecule has 0 spiro atoms. The molecule has 0 N–H and O–H groups in total. The molecule has 0 radical (unpaired) electrons. The van der Waals surface area contributed by atoms with Gasteiger partial charge in [0.25, 0.3) is 0 Å². The molecule has 3 nitrogen and oxygen atoms in total. The zero-order valence-corrected chi connectivity index (χ0v) is 9.26. The molecule has 0 amide bonds. The van der Waals surface area contributed by atoms with E-state index in [1.807, 2.05) is 9.67 Å². The van der Waals surface area contributed by atoms with E-state index in [-0.39, 0.29) is 29.6 Å². The number of fused-ring (bicyclic) bond motifs is 1. The van der Waals surface area contributed by atoms with Gasteiger partial charge in [0.05, 0.1) is 0 Å². The van der Waals surface area contributed by atoms with Gasteiger partial charge in [0, 0.05) is 12.6 Å². The van der Waals surface area contributed by atoms with Crippen LogP contribution in [0.4, 0.5) is 4.79 Å². The Morgan fingerprint density at radius 2 is 2.45 bits per heavy atom. The zero-order valence-electron chi connectivity index (χ0n) is 6.45. The van der Waals surface area contributed by atoms with Gasteiger partial charge in [0.1, 0.15) is 5.30 Å². The number of hydrogen-bond donors (Lipinski definition) is 0. The van der Waals surface area contributed by atoms with Gasteiger partial charge in [-0.05, 0) is 18.2 Å². The molecule has 2 aliphatic heterocycles. The molecule has 0 saturated carbocycles. The van der Waals surface area contributed by atoms with Crippen molar-refractivity contribution < 1.29 is 39.5 Å². The number of carbonyl (C=O) groups is 1. The number of rotatable bonds is 0. The summed E-state index contributed by atoms with van der Waals surface area (Å²) < 4.78 is 2.01. The molecule has 2 aliphatic rings. The fourth-order valence-corrected chi connectivity index (χ4v) is 3.11. The van der Waals surface area contributed by atoms with Gasteiger partial charge in [-0.2, -0.15) is 0 Å². The normalized spacial score (nSPS) is 34.5. The maximum absolute atomic E-state index is 10.4. The second kappa shape index (κ2) is 3.58. The van der Waals surface area contributed by atoms with Crippen molar-refractivity contribution in [1.29, 1.82) is 0 Å². The standard InChI is InChI=1S/C6H9NO2S.Na/c8-6(9)10-4-2-5-1-3-7(5)10;/h4-5H,1-3H2,(H,8,9);/q;+1/p-1. The fraction of sp³-hybridized carbons (Fsp3) is 0.667. The van der Waals surface area contributed by atoms with Crippen LogP contribution in [-0.2, 0) is 0 Å². The van der Waals surface area contributed by atoms with Gasteiger partial charge in [-0.1, -0.05) is 10.7 Å². The molecule has 0 bridgehead atoms. The van der Waals surface area contributed by atoms with E-state index in [0.717, 1.165) is 19.4 Å². The molecular formula is C6H8NNaO2S. The molecule has 11 heavy (non-hydrogen) atoms. The number of carboxylic acid groups (broad SMARTS) is 1. The van der Waals surface area contributed by atoms with Crippen molar-refractivity contribution in [2.75, 3.05) is 6.54 Å². The van der Waals surface area contributed by atoms with Gasteiger partial charge >= 0.3 is 29.6 Å². The summed E-state index contributed by atoms with van der Waals surface area (Å²) in [4.78, 5) is 10.4.